The van der Waals surface area contributed by atoms with Gasteiger partial charge >= 0.3 is 5.97 Å². The molecule has 5 rings (SSSR count). The summed E-state index contributed by atoms with van der Waals surface area (Å²) in [5.41, 5.74) is 5.93. The monoisotopic (exact) mass is 533 g/mol. The second-order valence-electron chi connectivity index (χ2n) is 8.62. The quantitative estimate of drug-likeness (QED) is 0.101. The van der Waals surface area contributed by atoms with E-state index in [-0.39, 0.29) is 34.2 Å². The topological polar surface area (TPSA) is 191 Å². The molecule has 4 aliphatic rings. The number of amides is 3. The molecule has 0 spiro atoms. The first-order valence-electron chi connectivity index (χ1n) is 11.2. The first-order chi connectivity index (χ1) is 17.3. The third-order valence-corrected chi connectivity index (χ3v) is 8.52. The van der Waals surface area contributed by atoms with Crippen molar-refractivity contribution in [3.8, 4) is 0 Å². The van der Waals surface area contributed by atoms with Gasteiger partial charge in [0.1, 0.15) is 22.8 Å². The zero-order chi connectivity index (χ0) is 25.6. The van der Waals surface area contributed by atoms with E-state index < -0.39 is 34.9 Å². The van der Waals surface area contributed by atoms with Crippen molar-refractivity contribution in [2.75, 3.05) is 31.1 Å². The number of nitrogens with two attached hydrogens (primary N) is 1. The molecule has 1 aromatic heterocycles. The van der Waals surface area contributed by atoms with Crippen molar-refractivity contribution in [2.45, 2.75) is 30.3 Å². The number of carboxylic acids is 1. The number of β-lactam (4-membered cyclic amide) rings is 1. The molecule has 4 aliphatic heterocycles. The van der Waals surface area contributed by atoms with Crippen LogP contribution in [0.1, 0.15) is 18.5 Å². The van der Waals surface area contributed by atoms with Crippen LogP contribution in [0.2, 0.25) is 0 Å². The Kier molecular flexibility index (Phi) is 6.44. The number of hydrogen-bond donors (Lipinski definition) is 5. The van der Waals surface area contributed by atoms with Gasteiger partial charge in [0.05, 0.1) is 0 Å². The zero-order valence-electron chi connectivity index (χ0n) is 18.8. The number of nitrogen functional groups attached to an aromatic ring is 1. The van der Waals surface area contributed by atoms with E-state index in [0.29, 0.717) is 24.1 Å². The van der Waals surface area contributed by atoms with E-state index in [9.17, 15) is 29.5 Å². The minimum atomic E-state index is -1.29. The number of thioether (sulfide) groups is 1. The molecule has 0 bridgehead atoms. The molecule has 6 N–H and O–H groups in total. The van der Waals surface area contributed by atoms with Gasteiger partial charge in [-0.3, -0.25) is 19.3 Å². The highest BCUT2D eigenvalue weighted by atomic mass is 32.2. The maximum absolute atomic E-state index is 12.9. The summed E-state index contributed by atoms with van der Waals surface area (Å²) in [6.07, 6.45) is 2.99. The predicted octanol–water partition coefficient (Wildman–Crippen LogP) is -0.837. The number of hydrogen-bond acceptors (Lipinski definition) is 11. The lowest BCUT2D eigenvalue weighted by atomic mass is 10.0. The van der Waals surface area contributed by atoms with Crippen LogP contribution in [0.5, 0.6) is 0 Å². The molecule has 3 saturated heterocycles. The van der Waals surface area contributed by atoms with E-state index in [4.69, 9.17) is 5.73 Å². The van der Waals surface area contributed by atoms with Crippen molar-refractivity contribution in [2.24, 2.45) is 5.16 Å². The largest absolute Gasteiger partial charge is 0.477 e. The van der Waals surface area contributed by atoms with E-state index in [1.807, 2.05) is 4.90 Å². The molecule has 3 fully saturated rings. The van der Waals surface area contributed by atoms with Crippen LogP contribution in [0.4, 0.5) is 5.13 Å². The number of aromatic nitrogens is 1. The Morgan fingerprint density at radius 2 is 2.17 bits per heavy atom. The number of carbonyl (C=O) groups is 4. The minimum Gasteiger partial charge on any atom is -0.477 e. The number of oxime groups is 1. The molecule has 5 heterocycles. The number of carboxylic acid groups (broad SMARTS) is 1. The normalized spacial score (nSPS) is 27.5. The van der Waals surface area contributed by atoms with Crippen LogP contribution in [0, 0.1) is 0 Å². The van der Waals surface area contributed by atoms with E-state index in [1.165, 1.54) is 17.1 Å². The third kappa shape index (κ3) is 4.12. The average Bonchev–Trinajstić information content (AvgIpc) is 3.60. The summed E-state index contributed by atoms with van der Waals surface area (Å²) in [5.74, 6) is -2.60. The molecule has 190 valence electrons. The molecule has 0 aromatic carbocycles. The van der Waals surface area contributed by atoms with Crippen molar-refractivity contribution in [1.29, 1.82) is 0 Å². The SMILES string of the molecule is Nc1nc(C(=NO)C(=O)N[C@@H]2C(=O)N3C(C(=O)O)=C(C=C4CCN([C@@H]5CCNC5)C4=O)CS[C@H]23)cs1. The number of allylic oxidation sites excluding steroid dienone is 1. The van der Waals surface area contributed by atoms with E-state index in [2.05, 4.69) is 20.8 Å². The van der Waals surface area contributed by atoms with Crippen molar-refractivity contribution in [3.05, 3.63) is 34.0 Å². The van der Waals surface area contributed by atoms with Crippen LogP contribution >= 0.6 is 23.1 Å². The standard InChI is InChI=1S/C21H23N7O6S2/c22-21-24-12(8-36-21)13(26-34)16(29)25-14-18(31)28-15(20(32)33)10(7-35-19(14)28)5-9-2-4-27(17(9)30)11-1-3-23-6-11/h5,8,11,14,19,23,34H,1-4,6-7H2,(H2,22,24)(H,25,29)(H,32,33)/t11-,14-,19-/m1/s1. The highest BCUT2D eigenvalue weighted by molar-refractivity contribution is 8.00. The van der Waals surface area contributed by atoms with Gasteiger partial charge < -0.3 is 31.6 Å². The van der Waals surface area contributed by atoms with Gasteiger partial charge in [0.15, 0.2) is 10.8 Å². The molecule has 36 heavy (non-hydrogen) atoms. The number of fused-ring (bicyclic) bond motifs is 1. The zero-order valence-corrected chi connectivity index (χ0v) is 20.5. The molecule has 0 unspecified atom stereocenters. The lowest BCUT2D eigenvalue weighted by molar-refractivity contribution is -0.150. The summed E-state index contributed by atoms with van der Waals surface area (Å²) in [6.45, 7) is 2.18. The van der Waals surface area contributed by atoms with Gasteiger partial charge in [-0.25, -0.2) is 9.78 Å². The molecule has 1 aromatic rings. The van der Waals surface area contributed by atoms with Gasteiger partial charge in [-0.2, -0.15) is 0 Å². The van der Waals surface area contributed by atoms with Gasteiger partial charge in [-0.1, -0.05) is 5.16 Å². The van der Waals surface area contributed by atoms with E-state index >= 15 is 0 Å². The number of nitrogens with zero attached hydrogens (tertiary/aromatic N) is 4. The number of carbonyl (C=O) groups excluding carboxylic acids is 3. The van der Waals surface area contributed by atoms with Gasteiger partial charge in [-0.05, 0) is 31.0 Å². The Bertz CT molecular complexity index is 1230. The Morgan fingerprint density at radius 3 is 2.81 bits per heavy atom. The first kappa shape index (κ1) is 24.3. The lowest BCUT2D eigenvalue weighted by Crippen LogP contribution is -2.71. The van der Waals surface area contributed by atoms with Crippen LogP contribution < -0.4 is 16.4 Å². The number of rotatable bonds is 6. The summed E-state index contributed by atoms with van der Waals surface area (Å²) in [4.78, 5) is 57.5. The highest BCUT2D eigenvalue weighted by Crippen LogP contribution is 2.41. The Labute approximate surface area is 213 Å². The van der Waals surface area contributed by atoms with Gasteiger partial charge in [0.25, 0.3) is 11.8 Å². The highest BCUT2D eigenvalue weighted by Gasteiger charge is 2.54. The van der Waals surface area contributed by atoms with Crippen LogP contribution in [0.3, 0.4) is 0 Å². The summed E-state index contributed by atoms with van der Waals surface area (Å²) < 4.78 is 0. The fourth-order valence-corrected chi connectivity index (χ4v) is 6.66. The molecular weight excluding hydrogens is 510 g/mol. The Morgan fingerprint density at radius 1 is 1.36 bits per heavy atom. The Hall–Kier alpha value is -3.43. The number of aliphatic carboxylic acids is 1. The van der Waals surface area contributed by atoms with Crippen molar-refractivity contribution in [3.63, 3.8) is 0 Å². The van der Waals surface area contributed by atoms with Crippen LogP contribution in [0.25, 0.3) is 0 Å². The second kappa shape index (κ2) is 9.55. The van der Waals surface area contributed by atoms with Crippen molar-refractivity contribution in [1.82, 2.24) is 25.4 Å². The fraction of sp³-hybridized carbons (Fsp3) is 0.429. The number of thiazole rings is 1. The van der Waals surface area contributed by atoms with Crippen molar-refractivity contribution < 1.29 is 29.5 Å². The molecule has 0 aliphatic carbocycles. The van der Waals surface area contributed by atoms with Crippen LogP contribution in [-0.2, 0) is 19.2 Å². The number of anilines is 1. The average molecular weight is 534 g/mol. The third-order valence-electron chi connectivity index (χ3n) is 6.55. The fourth-order valence-electron chi connectivity index (χ4n) is 4.80. The van der Waals surface area contributed by atoms with Gasteiger partial charge in [0.2, 0.25) is 5.91 Å². The summed E-state index contributed by atoms with van der Waals surface area (Å²) in [6, 6.07) is -0.881. The van der Waals surface area contributed by atoms with Gasteiger partial charge in [0, 0.05) is 35.8 Å². The van der Waals surface area contributed by atoms with Crippen LogP contribution in [0.15, 0.2) is 33.5 Å². The molecule has 15 heteroatoms. The van der Waals surface area contributed by atoms with Gasteiger partial charge in [-0.15, -0.1) is 23.1 Å². The molecule has 3 atom stereocenters. The number of nitrogens with one attached hydrogen (secondary N) is 2. The van der Waals surface area contributed by atoms with E-state index in [0.717, 1.165) is 35.7 Å². The molecular formula is C21H23N7O6S2. The molecule has 3 amide bonds. The smallest absolute Gasteiger partial charge is 0.352 e. The summed E-state index contributed by atoms with van der Waals surface area (Å²) >= 11 is 2.33. The molecule has 13 nitrogen and oxygen atoms in total. The Balaban J connectivity index is 1.33. The summed E-state index contributed by atoms with van der Waals surface area (Å²) in [5, 5.41) is 28.9. The molecule has 0 saturated carbocycles. The predicted molar refractivity (Wildman–Crippen MR) is 130 cm³/mol. The molecule has 0 radical (unpaired) electrons. The first-order valence-corrected chi connectivity index (χ1v) is 13.1. The minimum absolute atomic E-state index is 0.0566. The summed E-state index contributed by atoms with van der Waals surface area (Å²) in [7, 11) is 0. The maximum Gasteiger partial charge on any atom is 0.352 e. The maximum atomic E-state index is 12.9. The lowest BCUT2D eigenvalue weighted by Gasteiger charge is -2.49. The second-order valence-corrected chi connectivity index (χ2v) is 10.6. The van der Waals surface area contributed by atoms with Crippen molar-refractivity contribution >= 4 is 57.6 Å². The van der Waals surface area contributed by atoms with Crippen LogP contribution in [-0.4, -0.2) is 97.3 Å². The number of likely N-dealkylation sites (tertiary alicyclic amines) is 1. The van der Waals surface area contributed by atoms with E-state index in [1.54, 1.807) is 6.08 Å².